The number of urea groups is 1. The molecule has 2 heterocycles. The molecule has 0 bridgehead atoms. The molecule has 2 N–H and O–H groups in total. The molecule has 1 aromatic rings. The Labute approximate surface area is 156 Å². The minimum absolute atomic E-state index is 0.0462. The van der Waals surface area contributed by atoms with Crippen molar-refractivity contribution in [3.63, 3.8) is 0 Å². The molecule has 2 atom stereocenters. The molecule has 3 aliphatic rings. The van der Waals surface area contributed by atoms with Crippen LogP contribution in [0.5, 0.6) is 0 Å². The fourth-order valence-electron chi connectivity index (χ4n) is 4.87. The molecule has 2 amide bonds. The van der Waals surface area contributed by atoms with Gasteiger partial charge in [0.2, 0.25) is 0 Å². The van der Waals surface area contributed by atoms with Crippen LogP contribution in [0, 0.1) is 17.8 Å². The van der Waals surface area contributed by atoms with Crippen LogP contribution in [0.25, 0.3) is 0 Å². The molecular weight excluding hydrogens is 324 g/mol. The van der Waals surface area contributed by atoms with Crippen molar-refractivity contribution in [1.82, 2.24) is 15.6 Å². The van der Waals surface area contributed by atoms with E-state index in [9.17, 15) is 4.79 Å². The van der Waals surface area contributed by atoms with Crippen LogP contribution in [0.15, 0.2) is 24.5 Å². The Hall–Kier alpha value is -1.78. The molecule has 1 aromatic heterocycles. The maximum Gasteiger partial charge on any atom is 0.315 e. The van der Waals surface area contributed by atoms with Gasteiger partial charge in [0.1, 0.15) is 0 Å². The summed E-state index contributed by atoms with van der Waals surface area (Å²) < 4.78 is 0. The Kier molecular flexibility index (Phi) is 5.61. The zero-order chi connectivity index (χ0) is 17.8. The van der Waals surface area contributed by atoms with E-state index in [0.29, 0.717) is 12.0 Å². The van der Waals surface area contributed by atoms with Gasteiger partial charge in [-0.15, -0.1) is 0 Å². The number of hydrogen-bond donors (Lipinski definition) is 2. The van der Waals surface area contributed by atoms with Crippen molar-refractivity contribution in [1.29, 1.82) is 0 Å². The molecule has 1 aliphatic heterocycles. The van der Waals surface area contributed by atoms with E-state index in [1.807, 2.05) is 12.4 Å². The van der Waals surface area contributed by atoms with Gasteiger partial charge in [-0.25, -0.2) is 4.79 Å². The number of carbonyl (C=O) groups is 1. The lowest BCUT2D eigenvalue weighted by molar-refractivity contribution is 0.235. The molecular formula is C21H32N4O. The van der Waals surface area contributed by atoms with Crippen LogP contribution in [0.3, 0.4) is 0 Å². The lowest BCUT2D eigenvalue weighted by Gasteiger charge is -2.33. The van der Waals surface area contributed by atoms with Gasteiger partial charge < -0.3 is 15.5 Å². The predicted molar refractivity (Wildman–Crippen MR) is 104 cm³/mol. The summed E-state index contributed by atoms with van der Waals surface area (Å²) in [6, 6.07) is 4.63. The van der Waals surface area contributed by atoms with E-state index >= 15 is 0 Å². The second kappa shape index (κ2) is 8.28. The first-order chi connectivity index (χ1) is 12.8. The number of pyridine rings is 1. The molecule has 2 saturated carbocycles. The van der Waals surface area contributed by atoms with Crippen LogP contribution in [0.4, 0.5) is 10.5 Å². The van der Waals surface area contributed by atoms with Gasteiger partial charge in [0, 0.05) is 43.8 Å². The highest BCUT2D eigenvalue weighted by atomic mass is 16.2. The van der Waals surface area contributed by atoms with Crippen LogP contribution >= 0.6 is 0 Å². The number of piperidine rings is 1. The summed E-state index contributed by atoms with van der Waals surface area (Å²) in [6.07, 6.45) is 14.1. The third-order valence-corrected chi connectivity index (χ3v) is 6.61. The van der Waals surface area contributed by atoms with Gasteiger partial charge >= 0.3 is 6.03 Å². The fourth-order valence-corrected chi connectivity index (χ4v) is 4.87. The van der Waals surface area contributed by atoms with E-state index in [0.717, 1.165) is 44.3 Å². The lowest BCUT2D eigenvalue weighted by Crippen LogP contribution is -2.43. The standard InChI is InChI=1S/C21H32N4O/c26-21(24-20-14-19(20)17-4-2-1-3-5-17)23-15-16-8-12-25(13-9-16)18-6-10-22-11-7-18/h6-7,10-11,16-17,19-20H,1-5,8-9,12-15H2,(H2,23,24,26)/t19-,20+/m0/s1. The van der Waals surface area contributed by atoms with Crippen molar-refractivity contribution in [3.8, 4) is 0 Å². The van der Waals surface area contributed by atoms with Crippen molar-refractivity contribution in [2.75, 3.05) is 24.5 Å². The Morgan fingerprint density at radius 2 is 1.81 bits per heavy atom. The Morgan fingerprint density at radius 3 is 2.54 bits per heavy atom. The first-order valence-electron chi connectivity index (χ1n) is 10.5. The van der Waals surface area contributed by atoms with E-state index in [4.69, 9.17) is 0 Å². The molecule has 0 spiro atoms. The van der Waals surface area contributed by atoms with Crippen LogP contribution in [0.1, 0.15) is 51.4 Å². The number of carbonyl (C=O) groups excluding carboxylic acids is 1. The molecule has 5 nitrogen and oxygen atoms in total. The summed E-state index contributed by atoms with van der Waals surface area (Å²) in [6.45, 7) is 2.92. The van der Waals surface area contributed by atoms with Gasteiger partial charge in [-0.3, -0.25) is 4.98 Å². The first kappa shape index (κ1) is 17.6. The summed E-state index contributed by atoms with van der Waals surface area (Å²) in [5.41, 5.74) is 1.26. The average Bonchev–Trinajstić information content (AvgIpc) is 3.47. The number of hydrogen-bond acceptors (Lipinski definition) is 3. The van der Waals surface area contributed by atoms with Crippen LogP contribution in [-0.4, -0.2) is 36.7 Å². The van der Waals surface area contributed by atoms with E-state index in [1.165, 1.54) is 44.2 Å². The monoisotopic (exact) mass is 356 g/mol. The summed E-state index contributed by atoms with van der Waals surface area (Å²) in [5.74, 6) is 2.21. The van der Waals surface area contributed by atoms with Gasteiger partial charge in [0.15, 0.2) is 0 Å². The molecule has 0 radical (unpaired) electrons. The maximum atomic E-state index is 12.2. The van der Waals surface area contributed by atoms with Crippen molar-refractivity contribution >= 4 is 11.7 Å². The largest absolute Gasteiger partial charge is 0.371 e. The van der Waals surface area contributed by atoms with E-state index in [-0.39, 0.29) is 6.03 Å². The minimum atomic E-state index is 0.0462. The van der Waals surface area contributed by atoms with Crippen molar-refractivity contribution in [2.24, 2.45) is 17.8 Å². The van der Waals surface area contributed by atoms with Gasteiger partial charge in [-0.05, 0) is 49.1 Å². The van der Waals surface area contributed by atoms with E-state index in [1.54, 1.807) is 0 Å². The number of rotatable bonds is 5. The second-order valence-corrected chi connectivity index (χ2v) is 8.39. The molecule has 0 aromatic carbocycles. The first-order valence-corrected chi connectivity index (χ1v) is 10.5. The zero-order valence-corrected chi connectivity index (χ0v) is 15.7. The third-order valence-electron chi connectivity index (χ3n) is 6.61. The van der Waals surface area contributed by atoms with Gasteiger partial charge in [0.05, 0.1) is 0 Å². The van der Waals surface area contributed by atoms with Gasteiger partial charge in [-0.2, -0.15) is 0 Å². The number of amides is 2. The minimum Gasteiger partial charge on any atom is -0.371 e. The fraction of sp³-hybridized carbons (Fsp3) is 0.714. The summed E-state index contributed by atoms with van der Waals surface area (Å²) in [4.78, 5) is 18.7. The van der Waals surface area contributed by atoms with E-state index in [2.05, 4.69) is 32.7 Å². The predicted octanol–water partition coefficient (Wildman–Crippen LogP) is 3.57. The van der Waals surface area contributed by atoms with Crippen LogP contribution in [0.2, 0.25) is 0 Å². The molecule has 0 unspecified atom stereocenters. The molecule has 2 aliphatic carbocycles. The van der Waals surface area contributed by atoms with Gasteiger partial charge in [0.25, 0.3) is 0 Å². The topological polar surface area (TPSA) is 57.3 Å². The average molecular weight is 357 g/mol. The molecule has 26 heavy (non-hydrogen) atoms. The van der Waals surface area contributed by atoms with Crippen LogP contribution in [-0.2, 0) is 0 Å². The molecule has 3 fully saturated rings. The lowest BCUT2D eigenvalue weighted by atomic mass is 9.85. The number of aromatic nitrogens is 1. The van der Waals surface area contributed by atoms with E-state index < -0.39 is 0 Å². The summed E-state index contributed by atoms with van der Waals surface area (Å²) in [5, 5.41) is 6.33. The SMILES string of the molecule is O=C(NCC1CCN(c2ccncc2)CC1)N[C@@H]1C[C@H]1C1CCCCC1. The Bertz CT molecular complexity index is 579. The summed E-state index contributed by atoms with van der Waals surface area (Å²) in [7, 11) is 0. The highest BCUT2D eigenvalue weighted by molar-refractivity contribution is 5.74. The summed E-state index contributed by atoms with van der Waals surface area (Å²) >= 11 is 0. The van der Waals surface area contributed by atoms with Crippen LogP contribution < -0.4 is 15.5 Å². The molecule has 5 heteroatoms. The molecule has 142 valence electrons. The van der Waals surface area contributed by atoms with Crippen molar-refractivity contribution < 1.29 is 4.79 Å². The number of nitrogens with one attached hydrogen (secondary N) is 2. The second-order valence-electron chi connectivity index (χ2n) is 8.39. The Morgan fingerprint density at radius 1 is 1.08 bits per heavy atom. The molecule has 4 rings (SSSR count). The highest BCUT2D eigenvalue weighted by Gasteiger charge is 2.43. The smallest absolute Gasteiger partial charge is 0.315 e. The highest BCUT2D eigenvalue weighted by Crippen LogP contribution is 2.44. The normalized spacial score (nSPS) is 27.2. The number of nitrogens with zero attached hydrogens (tertiary/aromatic N) is 2. The third kappa shape index (κ3) is 4.49. The maximum absolute atomic E-state index is 12.2. The van der Waals surface area contributed by atoms with Crippen molar-refractivity contribution in [3.05, 3.63) is 24.5 Å². The number of anilines is 1. The zero-order valence-electron chi connectivity index (χ0n) is 15.7. The Balaban J connectivity index is 1.13. The van der Waals surface area contributed by atoms with Gasteiger partial charge in [-0.1, -0.05) is 32.1 Å². The quantitative estimate of drug-likeness (QED) is 0.848. The van der Waals surface area contributed by atoms with Crippen molar-refractivity contribution in [2.45, 2.75) is 57.4 Å². The molecule has 1 saturated heterocycles.